The molecular weight excluding hydrogens is 176 g/mol. The average molecular weight is 198 g/mol. The number of rotatable bonds is 7. The molecule has 1 rings (SSSR count). The zero-order valence-electron chi connectivity index (χ0n) is 9.38. The fourth-order valence-electron chi connectivity index (χ4n) is 1.56. The summed E-state index contributed by atoms with van der Waals surface area (Å²) < 4.78 is 0. The first-order valence-electron chi connectivity index (χ1n) is 5.75. The van der Waals surface area contributed by atoms with Crippen molar-refractivity contribution in [3.63, 3.8) is 0 Å². The second-order valence-electron chi connectivity index (χ2n) is 3.98. The number of hydrogen-bond acceptors (Lipinski definition) is 3. The molecule has 0 saturated carbocycles. The molecule has 3 heteroatoms. The van der Waals surface area contributed by atoms with Gasteiger partial charge in [0, 0.05) is 6.42 Å². The van der Waals surface area contributed by atoms with Crippen LogP contribution < -0.4 is 5.32 Å². The zero-order valence-corrected chi connectivity index (χ0v) is 9.38. The van der Waals surface area contributed by atoms with Crippen molar-refractivity contribution < 1.29 is 4.84 Å². The second-order valence-corrected chi connectivity index (χ2v) is 3.98. The van der Waals surface area contributed by atoms with Crippen LogP contribution >= 0.6 is 0 Å². The number of nitrogens with one attached hydrogen (secondary N) is 1. The predicted octanol–water partition coefficient (Wildman–Crippen LogP) is 2.32. The van der Waals surface area contributed by atoms with E-state index >= 15 is 0 Å². The fraction of sp³-hybridized carbons (Fsp3) is 0.909. The normalized spacial score (nSPS) is 20.7. The van der Waals surface area contributed by atoms with Gasteiger partial charge in [-0.05, 0) is 39.3 Å². The Morgan fingerprint density at radius 1 is 1.43 bits per heavy atom. The van der Waals surface area contributed by atoms with Crippen LogP contribution in [0.2, 0.25) is 0 Å². The Morgan fingerprint density at radius 3 is 2.86 bits per heavy atom. The minimum atomic E-state index is 0.304. The van der Waals surface area contributed by atoms with Crippen LogP contribution in [-0.2, 0) is 4.84 Å². The quantitative estimate of drug-likeness (QED) is 0.637. The smallest absolute Gasteiger partial charge is 0.130 e. The van der Waals surface area contributed by atoms with E-state index in [0.717, 1.165) is 25.9 Å². The Morgan fingerprint density at radius 2 is 2.21 bits per heavy atom. The molecule has 1 N–H and O–H groups in total. The third-order valence-corrected chi connectivity index (χ3v) is 2.41. The zero-order chi connectivity index (χ0) is 10.2. The summed E-state index contributed by atoms with van der Waals surface area (Å²) in [6, 6.07) is 0. The topological polar surface area (TPSA) is 33.6 Å². The second kappa shape index (κ2) is 6.82. The van der Waals surface area contributed by atoms with Gasteiger partial charge in [0.25, 0.3) is 0 Å². The fourth-order valence-corrected chi connectivity index (χ4v) is 1.56. The molecule has 0 bridgehead atoms. The van der Waals surface area contributed by atoms with Crippen LogP contribution in [0.4, 0.5) is 0 Å². The predicted molar refractivity (Wildman–Crippen MR) is 59.6 cm³/mol. The maximum atomic E-state index is 5.13. The molecule has 1 heterocycles. The molecule has 1 atom stereocenters. The molecule has 1 unspecified atom stereocenters. The first kappa shape index (κ1) is 11.5. The van der Waals surface area contributed by atoms with Crippen molar-refractivity contribution in [1.29, 1.82) is 0 Å². The van der Waals surface area contributed by atoms with Crippen LogP contribution in [0.5, 0.6) is 0 Å². The maximum Gasteiger partial charge on any atom is 0.130 e. The van der Waals surface area contributed by atoms with E-state index in [0.29, 0.717) is 6.10 Å². The molecule has 82 valence electrons. The molecule has 0 fully saturated rings. The highest BCUT2D eigenvalue weighted by molar-refractivity contribution is 5.85. The van der Waals surface area contributed by atoms with Crippen molar-refractivity contribution >= 4 is 5.71 Å². The first-order chi connectivity index (χ1) is 6.83. The summed E-state index contributed by atoms with van der Waals surface area (Å²) in [5, 5.41) is 7.47. The Kier molecular flexibility index (Phi) is 5.60. The monoisotopic (exact) mass is 198 g/mol. The van der Waals surface area contributed by atoms with Gasteiger partial charge in [-0.3, -0.25) is 0 Å². The van der Waals surface area contributed by atoms with E-state index in [1.165, 1.54) is 25.0 Å². The van der Waals surface area contributed by atoms with Gasteiger partial charge in [-0.1, -0.05) is 18.5 Å². The lowest BCUT2D eigenvalue weighted by Gasteiger charge is -2.02. The molecule has 0 radical (unpaired) electrons. The maximum absolute atomic E-state index is 5.13. The van der Waals surface area contributed by atoms with E-state index in [4.69, 9.17) is 4.84 Å². The minimum Gasteiger partial charge on any atom is -0.392 e. The van der Waals surface area contributed by atoms with Gasteiger partial charge in [-0.2, -0.15) is 0 Å². The molecule has 3 nitrogen and oxygen atoms in total. The lowest BCUT2D eigenvalue weighted by Crippen LogP contribution is -2.17. The summed E-state index contributed by atoms with van der Waals surface area (Å²) in [4.78, 5) is 5.13. The standard InChI is InChI=1S/C11H22N2O/c1-3-4-7-12-8-5-6-11-9-10(2)14-13-11/h10,12H,3-9H2,1-2H3. The summed E-state index contributed by atoms with van der Waals surface area (Å²) >= 11 is 0. The molecule has 1 aliphatic heterocycles. The van der Waals surface area contributed by atoms with Crippen LogP contribution in [-0.4, -0.2) is 24.9 Å². The average Bonchev–Trinajstić information content (AvgIpc) is 2.58. The van der Waals surface area contributed by atoms with E-state index in [1.807, 2.05) is 0 Å². The van der Waals surface area contributed by atoms with Crippen LogP contribution in [0, 0.1) is 0 Å². The lowest BCUT2D eigenvalue weighted by molar-refractivity contribution is 0.0995. The van der Waals surface area contributed by atoms with E-state index in [1.54, 1.807) is 0 Å². The highest BCUT2D eigenvalue weighted by Crippen LogP contribution is 2.12. The highest BCUT2D eigenvalue weighted by atomic mass is 16.6. The molecular formula is C11H22N2O. The first-order valence-corrected chi connectivity index (χ1v) is 5.75. The van der Waals surface area contributed by atoms with Crippen molar-refractivity contribution in [3.8, 4) is 0 Å². The summed E-state index contributed by atoms with van der Waals surface area (Å²) in [6.07, 6.45) is 6.14. The van der Waals surface area contributed by atoms with E-state index < -0.39 is 0 Å². The molecule has 0 saturated heterocycles. The third-order valence-electron chi connectivity index (χ3n) is 2.41. The van der Waals surface area contributed by atoms with Gasteiger partial charge in [0.05, 0.1) is 5.71 Å². The number of hydrogen-bond donors (Lipinski definition) is 1. The number of nitrogens with zero attached hydrogens (tertiary/aromatic N) is 1. The molecule has 0 aromatic heterocycles. The Labute approximate surface area is 86.9 Å². The van der Waals surface area contributed by atoms with Crippen LogP contribution in [0.25, 0.3) is 0 Å². The highest BCUT2D eigenvalue weighted by Gasteiger charge is 2.14. The molecule has 0 spiro atoms. The summed E-state index contributed by atoms with van der Waals surface area (Å²) in [7, 11) is 0. The van der Waals surface area contributed by atoms with Gasteiger partial charge in [-0.25, -0.2) is 0 Å². The summed E-state index contributed by atoms with van der Waals surface area (Å²) in [5.74, 6) is 0. The third kappa shape index (κ3) is 4.61. The van der Waals surface area contributed by atoms with Gasteiger partial charge >= 0.3 is 0 Å². The van der Waals surface area contributed by atoms with Crippen LogP contribution in [0.15, 0.2) is 5.16 Å². The molecule has 1 aliphatic rings. The van der Waals surface area contributed by atoms with E-state index in [-0.39, 0.29) is 0 Å². The van der Waals surface area contributed by atoms with Gasteiger partial charge in [0.15, 0.2) is 0 Å². The molecule has 0 aromatic carbocycles. The molecule has 0 aliphatic carbocycles. The Balaban J connectivity index is 1.89. The summed E-state index contributed by atoms with van der Waals surface area (Å²) in [6.45, 7) is 6.53. The Bertz CT molecular complexity index is 180. The van der Waals surface area contributed by atoms with Gasteiger partial charge < -0.3 is 10.2 Å². The van der Waals surface area contributed by atoms with Gasteiger partial charge in [-0.15, -0.1) is 0 Å². The van der Waals surface area contributed by atoms with Crippen LogP contribution in [0.1, 0.15) is 46.0 Å². The van der Waals surface area contributed by atoms with E-state index in [9.17, 15) is 0 Å². The number of oxime groups is 1. The van der Waals surface area contributed by atoms with Gasteiger partial charge in [0.2, 0.25) is 0 Å². The van der Waals surface area contributed by atoms with E-state index in [2.05, 4.69) is 24.3 Å². The minimum absolute atomic E-state index is 0.304. The van der Waals surface area contributed by atoms with Gasteiger partial charge in [0.1, 0.15) is 6.10 Å². The van der Waals surface area contributed by atoms with Crippen molar-refractivity contribution in [1.82, 2.24) is 5.32 Å². The van der Waals surface area contributed by atoms with Crippen molar-refractivity contribution in [3.05, 3.63) is 0 Å². The molecule has 14 heavy (non-hydrogen) atoms. The Hall–Kier alpha value is -0.570. The van der Waals surface area contributed by atoms with Crippen molar-refractivity contribution in [2.75, 3.05) is 13.1 Å². The molecule has 0 aromatic rings. The largest absolute Gasteiger partial charge is 0.392 e. The van der Waals surface area contributed by atoms with Crippen LogP contribution in [0.3, 0.4) is 0 Å². The van der Waals surface area contributed by atoms with Crippen molar-refractivity contribution in [2.45, 2.75) is 52.1 Å². The molecule has 0 amide bonds. The number of unbranched alkanes of at least 4 members (excludes halogenated alkanes) is 1. The SMILES string of the molecule is CCCCNCCCC1=NOC(C)C1. The summed E-state index contributed by atoms with van der Waals surface area (Å²) in [5.41, 5.74) is 1.23. The van der Waals surface area contributed by atoms with Crippen molar-refractivity contribution in [2.24, 2.45) is 5.16 Å². The lowest BCUT2D eigenvalue weighted by atomic mass is 10.1.